The third-order valence-electron chi connectivity index (χ3n) is 2.42. The molecular formula is C11H15N5OS. The molecule has 0 saturated heterocycles. The number of hydrogen-bond donors (Lipinski definition) is 2. The quantitative estimate of drug-likeness (QED) is 0.779. The number of nitrogens with two attached hydrogens (primary N) is 1. The van der Waals surface area contributed by atoms with Crippen molar-refractivity contribution in [3.63, 3.8) is 0 Å². The van der Waals surface area contributed by atoms with E-state index in [1.165, 1.54) is 10.2 Å². The summed E-state index contributed by atoms with van der Waals surface area (Å²) in [5.74, 6) is -0.0706. The van der Waals surface area contributed by atoms with Crippen LogP contribution in [0.3, 0.4) is 0 Å². The summed E-state index contributed by atoms with van der Waals surface area (Å²) < 4.78 is 1.49. The van der Waals surface area contributed by atoms with Gasteiger partial charge in [0.2, 0.25) is 5.91 Å². The van der Waals surface area contributed by atoms with E-state index in [9.17, 15) is 4.79 Å². The predicted molar refractivity (Wildman–Crippen MR) is 68.9 cm³/mol. The Morgan fingerprint density at radius 2 is 2.44 bits per heavy atom. The number of aromatic nitrogens is 3. The fourth-order valence-electron chi connectivity index (χ4n) is 1.49. The van der Waals surface area contributed by atoms with E-state index < -0.39 is 0 Å². The maximum Gasteiger partial charge on any atom is 0.241 e. The van der Waals surface area contributed by atoms with Crippen molar-refractivity contribution in [1.82, 2.24) is 20.3 Å². The number of amides is 1. The van der Waals surface area contributed by atoms with E-state index >= 15 is 0 Å². The molecule has 2 rings (SSSR count). The van der Waals surface area contributed by atoms with Gasteiger partial charge in [-0.3, -0.25) is 4.79 Å². The molecule has 0 aromatic carbocycles. The minimum absolute atomic E-state index is 0.0706. The first-order valence-corrected chi connectivity index (χ1v) is 6.59. The molecule has 96 valence electrons. The second kappa shape index (κ2) is 6.27. The van der Waals surface area contributed by atoms with Gasteiger partial charge in [0.1, 0.15) is 6.54 Å². The molecule has 3 N–H and O–H groups in total. The lowest BCUT2D eigenvalue weighted by molar-refractivity contribution is -0.121. The number of carbonyl (C=O) groups excluding carboxylic acids is 1. The van der Waals surface area contributed by atoms with Crippen molar-refractivity contribution in [3.8, 4) is 0 Å². The fourth-order valence-corrected chi connectivity index (χ4v) is 2.20. The standard InChI is InChI=1S/C11H15N5OS/c12-5-10-6-16(15-14-10)7-11(17)13-3-1-9-2-4-18-8-9/h2,4,6,8H,1,3,5,7,12H2,(H,13,17). The van der Waals surface area contributed by atoms with Crippen molar-refractivity contribution in [2.24, 2.45) is 5.73 Å². The first-order valence-electron chi connectivity index (χ1n) is 5.65. The molecule has 0 atom stereocenters. The number of carbonyl (C=O) groups is 1. The molecule has 0 radical (unpaired) electrons. The van der Waals surface area contributed by atoms with Crippen LogP contribution >= 0.6 is 11.3 Å². The molecule has 0 aliphatic rings. The number of thiophene rings is 1. The second-order valence-corrected chi connectivity index (χ2v) is 4.62. The summed E-state index contributed by atoms with van der Waals surface area (Å²) >= 11 is 1.66. The minimum Gasteiger partial charge on any atom is -0.354 e. The van der Waals surface area contributed by atoms with Crippen LogP contribution in [0.5, 0.6) is 0 Å². The van der Waals surface area contributed by atoms with E-state index in [1.807, 2.05) is 5.38 Å². The zero-order valence-electron chi connectivity index (χ0n) is 9.87. The van der Waals surface area contributed by atoms with Gasteiger partial charge in [0.15, 0.2) is 0 Å². The smallest absolute Gasteiger partial charge is 0.241 e. The van der Waals surface area contributed by atoms with Crippen LogP contribution in [0.25, 0.3) is 0 Å². The third-order valence-corrected chi connectivity index (χ3v) is 3.15. The van der Waals surface area contributed by atoms with Crippen LogP contribution in [0.2, 0.25) is 0 Å². The van der Waals surface area contributed by atoms with Gasteiger partial charge in [-0.15, -0.1) is 5.10 Å². The van der Waals surface area contributed by atoms with E-state index in [-0.39, 0.29) is 12.5 Å². The molecule has 6 nitrogen and oxygen atoms in total. The predicted octanol–water partition coefficient (Wildman–Crippen LogP) is 0.157. The Morgan fingerprint density at radius 1 is 1.56 bits per heavy atom. The Hall–Kier alpha value is -1.73. The van der Waals surface area contributed by atoms with Crippen LogP contribution in [0, 0.1) is 0 Å². The molecule has 2 aromatic rings. The molecule has 0 aliphatic heterocycles. The van der Waals surface area contributed by atoms with Gasteiger partial charge in [0.05, 0.1) is 11.9 Å². The van der Waals surface area contributed by atoms with Crippen LogP contribution < -0.4 is 11.1 Å². The zero-order valence-corrected chi connectivity index (χ0v) is 10.7. The van der Waals surface area contributed by atoms with Crippen molar-refractivity contribution in [2.75, 3.05) is 6.54 Å². The van der Waals surface area contributed by atoms with Gasteiger partial charge in [0, 0.05) is 13.1 Å². The monoisotopic (exact) mass is 265 g/mol. The highest BCUT2D eigenvalue weighted by Crippen LogP contribution is 2.05. The number of rotatable bonds is 6. The van der Waals surface area contributed by atoms with Crippen molar-refractivity contribution in [3.05, 3.63) is 34.3 Å². The summed E-state index contributed by atoms with van der Waals surface area (Å²) in [4.78, 5) is 11.6. The molecule has 0 spiro atoms. The summed E-state index contributed by atoms with van der Waals surface area (Å²) in [6.45, 7) is 1.14. The van der Waals surface area contributed by atoms with E-state index in [0.29, 0.717) is 18.8 Å². The Morgan fingerprint density at radius 3 is 3.11 bits per heavy atom. The lowest BCUT2D eigenvalue weighted by atomic mass is 10.2. The number of hydrogen-bond acceptors (Lipinski definition) is 5. The maximum absolute atomic E-state index is 11.6. The number of nitrogens with one attached hydrogen (secondary N) is 1. The van der Waals surface area contributed by atoms with Crippen molar-refractivity contribution in [1.29, 1.82) is 0 Å². The van der Waals surface area contributed by atoms with Gasteiger partial charge < -0.3 is 11.1 Å². The van der Waals surface area contributed by atoms with Crippen LogP contribution in [0.4, 0.5) is 0 Å². The molecule has 0 aliphatic carbocycles. The highest BCUT2D eigenvalue weighted by Gasteiger charge is 2.04. The summed E-state index contributed by atoms with van der Waals surface area (Å²) in [5.41, 5.74) is 7.34. The summed E-state index contributed by atoms with van der Waals surface area (Å²) in [6, 6.07) is 2.06. The molecule has 0 bridgehead atoms. The van der Waals surface area contributed by atoms with Crippen LogP contribution in [0.15, 0.2) is 23.0 Å². The summed E-state index contributed by atoms with van der Waals surface area (Å²) in [5, 5.41) is 14.6. The van der Waals surface area contributed by atoms with Crippen molar-refractivity contribution >= 4 is 17.2 Å². The van der Waals surface area contributed by atoms with E-state index in [2.05, 4.69) is 27.1 Å². The highest BCUT2D eigenvalue weighted by atomic mass is 32.1. The van der Waals surface area contributed by atoms with Crippen LogP contribution in [0.1, 0.15) is 11.3 Å². The van der Waals surface area contributed by atoms with E-state index in [4.69, 9.17) is 5.73 Å². The summed E-state index contributed by atoms with van der Waals surface area (Å²) in [6.07, 6.45) is 2.53. The molecule has 2 heterocycles. The van der Waals surface area contributed by atoms with Crippen LogP contribution in [-0.4, -0.2) is 27.4 Å². The second-order valence-electron chi connectivity index (χ2n) is 3.84. The molecule has 18 heavy (non-hydrogen) atoms. The van der Waals surface area contributed by atoms with Gasteiger partial charge in [0.25, 0.3) is 0 Å². The van der Waals surface area contributed by atoms with Gasteiger partial charge >= 0.3 is 0 Å². The molecule has 2 aromatic heterocycles. The Labute approximate surface area is 109 Å². The Kier molecular flexibility index (Phi) is 4.43. The molecular weight excluding hydrogens is 250 g/mol. The molecule has 0 saturated carbocycles. The minimum atomic E-state index is -0.0706. The lowest BCUT2D eigenvalue weighted by Gasteiger charge is -2.03. The topological polar surface area (TPSA) is 85.8 Å². The van der Waals surface area contributed by atoms with E-state index in [1.54, 1.807) is 17.5 Å². The third kappa shape index (κ3) is 3.64. The molecule has 1 amide bonds. The molecule has 0 fully saturated rings. The normalized spacial score (nSPS) is 10.5. The van der Waals surface area contributed by atoms with Crippen molar-refractivity contribution in [2.45, 2.75) is 19.5 Å². The fraction of sp³-hybridized carbons (Fsp3) is 0.364. The van der Waals surface area contributed by atoms with Gasteiger partial charge in [-0.1, -0.05) is 5.21 Å². The largest absolute Gasteiger partial charge is 0.354 e. The van der Waals surface area contributed by atoms with E-state index in [0.717, 1.165) is 6.42 Å². The first-order chi connectivity index (χ1) is 8.78. The average Bonchev–Trinajstić information content (AvgIpc) is 3.00. The van der Waals surface area contributed by atoms with Gasteiger partial charge in [-0.05, 0) is 28.8 Å². The lowest BCUT2D eigenvalue weighted by Crippen LogP contribution is -2.29. The summed E-state index contributed by atoms with van der Waals surface area (Å²) in [7, 11) is 0. The van der Waals surface area contributed by atoms with Crippen LogP contribution in [-0.2, 0) is 24.3 Å². The number of nitrogens with zero attached hydrogens (tertiary/aromatic N) is 3. The first kappa shape index (κ1) is 12.7. The maximum atomic E-state index is 11.6. The Balaban J connectivity index is 1.71. The molecule has 0 unspecified atom stereocenters. The average molecular weight is 265 g/mol. The highest BCUT2D eigenvalue weighted by molar-refractivity contribution is 7.07. The van der Waals surface area contributed by atoms with Crippen molar-refractivity contribution < 1.29 is 4.79 Å². The van der Waals surface area contributed by atoms with Gasteiger partial charge in [-0.25, -0.2) is 4.68 Å². The zero-order chi connectivity index (χ0) is 12.8. The van der Waals surface area contributed by atoms with Gasteiger partial charge in [-0.2, -0.15) is 11.3 Å². The SMILES string of the molecule is NCc1cn(CC(=O)NCCc2ccsc2)nn1. The Bertz CT molecular complexity index is 493. The molecule has 7 heteroatoms.